The van der Waals surface area contributed by atoms with Gasteiger partial charge in [0, 0.05) is 18.6 Å². The smallest absolute Gasteiger partial charge is 0.233 e. The van der Waals surface area contributed by atoms with Gasteiger partial charge < -0.3 is 20.7 Å². The summed E-state index contributed by atoms with van der Waals surface area (Å²) in [6.07, 6.45) is 0.877. The molecule has 0 radical (unpaired) electrons. The molecule has 1 saturated heterocycles. The number of hydrogen-bond acceptors (Lipinski definition) is 4. The Labute approximate surface area is 123 Å². The Kier molecular flexibility index (Phi) is 3.90. The van der Waals surface area contributed by atoms with Gasteiger partial charge in [-0.3, -0.25) is 9.59 Å². The highest BCUT2D eigenvalue weighted by Crippen LogP contribution is 2.33. The number of ether oxygens (including phenoxy) is 1. The van der Waals surface area contributed by atoms with E-state index in [1.807, 2.05) is 25.2 Å². The maximum atomic E-state index is 11.7. The zero-order valence-corrected chi connectivity index (χ0v) is 11.9. The van der Waals surface area contributed by atoms with E-state index < -0.39 is 0 Å². The van der Waals surface area contributed by atoms with Gasteiger partial charge in [-0.05, 0) is 31.2 Å². The Morgan fingerprint density at radius 1 is 1.24 bits per heavy atom. The van der Waals surface area contributed by atoms with Gasteiger partial charge in [0.05, 0.1) is 18.0 Å². The van der Waals surface area contributed by atoms with Crippen LogP contribution in [0.15, 0.2) is 18.2 Å². The topological polar surface area (TPSA) is 79.5 Å². The molecule has 3 rings (SSSR count). The second kappa shape index (κ2) is 5.83. The molecule has 0 aliphatic carbocycles. The van der Waals surface area contributed by atoms with Crippen LogP contribution in [0.4, 0.5) is 11.4 Å². The molecule has 0 spiro atoms. The van der Waals surface area contributed by atoms with Crippen molar-refractivity contribution in [2.75, 3.05) is 30.9 Å². The van der Waals surface area contributed by atoms with Crippen molar-refractivity contribution in [3.8, 4) is 0 Å². The summed E-state index contributed by atoms with van der Waals surface area (Å²) in [5, 5.41) is 8.84. The number of carbonyl (C=O) groups excluding carboxylic acids is 2. The van der Waals surface area contributed by atoms with Crippen LogP contribution < -0.4 is 16.0 Å². The normalized spacial score (nSPS) is 23.0. The molecule has 2 atom stereocenters. The summed E-state index contributed by atoms with van der Waals surface area (Å²) in [7, 11) is 1.93. The van der Waals surface area contributed by atoms with E-state index in [1.54, 1.807) is 0 Å². The van der Waals surface area contributed by atoms with Gasteiger partial charge in [0.2, 0.25) is 11.8 Å². The summed E-state index contributed by atoms with van der Waals surface area (Å²) < 4.78 is 5.46. The Balaban J connectivity index is 1.90. The first-order valence-electron chi connectivity index (χ1n) is 7.16. The lowest BCUT2D eigenvalue weighted by molar-refractivity contribution is -0.123. The monoisotopic (exact) mass is 289 g/mol. The van der Waals surface area contributed by atoms with Gasteiger partial charge in [-0.15, -0.1) is 0 Å². The van der Waals surface area contributed by atoms with Crippen LogP contribution in [0, 0.1) is 5.92 Å². The van der Waals surface area contributed by atoms with Gasteiger partial charge in [0.1, 0.15) is 6.42 Å². The van der Waals surface area contributed by atoms with Crippen LogP contribution in [0.2, 0.25) is 0 Å². The van der Waals surface area contributed by atoms with Gasteiger partial charge in [-0.2, -0.15) is 0 Å². The van der Waals surface area contributed by atoms with Crippen LogP contribution in [0.25, 0.3) is 0 Å². The molecule has 0 bridgehead atoms. The molecule has 0 saturated carbocycles. The Morgan fingerprint density at radius 3 is 2.67 bits per heavy atom. The van der Waals surface area contributed by atoms with Crippen molar-refractivity contribution in [2.45, 2.75) is 18.9 Å². The molecule has 0 aromatic heterocycles. The van der Waals surface area contributed by atoms with Crippen LogP contribution in [0.3, 0.4) is 0 Å². The number of rotatable bonds is 3. The van der Waals surface area contributed by atoms with Gasteiger partial charge in [0.25, 0.3) is 0 Å². The number of nitrogens with one attached hydrogen (secondary N) is 3. The van der Waals surface area contributed by atoms with Crippen LogP contribution >= 0.6 is 0 Å². The van der Waals surface area contributed by atoms with Gasteiger partial charge in [0.15, 0.2) is 0 Å². The van der Waals surface area contributed by atoms with E-state index in [9.17, 15) is 9.59 Å². The molecule has 2 aliphatic rings. The summed E-state index contributed by atoms with van der Waals surface area (Å²) in [4.78, 5) is 23.2. The summed E-state index contributed by atoms with van der Waals surface area (Å²) in [6, 6.07) is 5.93. The predicted molar refractivity (Wildman–Crippen MR) is 79.0 cm³/mol. The molecule has 1 fully saturated rings. The van der Waals surface area contributed by atoms with Crippen LogP contribution in [-0.2, 0) is 14.3 Å². The minimum absolute atomic E-state index is 0.143. The van der Waals surface area contributed by atoms with Crippen molar-refractivity contribution in [1.29, 1.82) is 0 Å². The zero-order valence-electron chi connectivity index (χ0n) is 11.9. The van der Waals surface area contributed by atoms with Gasteiger partial charge >= 0.3 is 0 Å². The average molecular weight is 289 g/mol. The highest BCUT2D eigenvalue weighted by Gasteiger charge is 2.27. The van der Waals surface area contributed by atoms with E-state index in [2.05, 4.69) is 16.0 Å². The van der Waals surface area contributed by atoms with E-state index in [0.717, 1.165) is 25.2 Å². The molecule has 21 heavy (non-hydrogen) atoms. The molecule has 2 unspecified atom stereocenters. The lowest BCUT2D eigenvalue weighted by Gasteiger charge is -2.23. The first-order chi connectivity index (χ1) is 10.2. The van der Waals surface area contributed by atoms with Crippen molar-refractivity contribution in [1.82, 2.24) is 5.32 Å². The predicted octanol–water partition coefficient (Wildman–Crippen LogP) is 1.26. The minimum Gasteiger partial charge on any atom is -0.381 e. The highest BCUT2D eigenvalue weighted by molar-refractivity contribution is 6.13. The third kappa shape index (κ3) is 2.91. The van der Waals surface area contributed by atoms with Crippen molar-refractivity contribution in [3.05, 3.63) is 23.8 Å². The van der Waals surface area contributed by atoms with Crippen LogP contribution in [-0.4, -0.2) is 32.1 Å². The fourth-order valence-corrected chi connectivity index (χ4v) is 2.99. The third-order valence-electron chi connectivity index (χ3n) is 4.02. The largest absolute Gasteiger partial charge is 0.381 e. The third-order valence-corrected chi connectivity index (χ3v) is 4.02. The summed E-state index contributed by atoms with van der Waals surface area (Å²) >= 11 is 0. The fraction of sp³-hybridized carbons (Fsp3) is 0.467. The van der Waals surface area contributed by atoms with Gasteiger partial charge in [-0.1, -0.05) is 6.07 Å². The second-order valence-electron chi connectivity index (χ2n) is 5.47. The highest BCUT2D eigenvalue weighted by atomic mass is 16.5. The fourth-order valence-electron chi connectivity index (χ4n) is 2.99. The Bertz CT molecular complexity index is 567. The summed E-state index contributed by atoms with van der Waals surface area (Å²) in [5.41, 5.74) is 2.39. The first-order valence-corrected chi connectivity index (χ1v) is 7.16. The molecule has 3 N–H and O–H groups in total. The van der Waals surface area contributed by atoms with E-state index in [0.29, 0.717) is 17.3 Å². The molecule has 6 nitrogen and oxygen atoms in total. The van der Waals surface area contributed by atoms with E-state index in [1.165, 1.54) is 0 Å². The molecule has 1 aromatic rings. The Hall–Kier alpha value is -1.92. The number of anilines is 2. The zero-order chi connectivity index (χ0) is 14.8. The molecule has 2 aliphatic heterocycles. The standard InChI is InChI=1S/C15H19N3O3/c1-16-15(10-4-5-21-8-10)9-2-3-11-12(6-9)18-14(20)7-13(19)17-11/h2-3,6,10,15-16H,4-5,7-8H2,1H3,(H,17,19)(H,18,20). The number of benzene rings is 1. The van der Waals surface area contributed by atoms with Gasteiger partial charge in [-0.25, -0.2) is 0 Å². The molecule has 6 heteroatoms. The molecule has 1 aromatic carbocycles. The van der Waals surface area contributed by atoms with Crippen LogP contribution in [0.5, 0.6) is 0 Å². The number of carbonyl (C=O) groups is 2. The quantitative estimate of drug-likeness (QED) is 0.732. The number of fused-ring (bicyclic) bond motifs is 1. The van der Waals surface area contributed by atoms with E-state index >= 15 is 0 Å². The number of hydrogen-bond donors (Lipinski definition) is 3. The average Bonchev–Trinajstić information content (AvgIpc) is 2.91. The van der Waals surface area contributed by atoms with Crippen LogP contribution in [0.1, 0.15) is 24.4 Å². The SMILES string of the molecule is CNC(c1ccc2c(c1)NC(=O)CC(=O)N2)C1CCOC1. The second-order valence-corrected chi connectivity index (χ2v) is 5.47. The summed E-state index contributed by atoms with van der Waals surface area (Å²) in [5.74, 6) is -0.147. The molecular formula is C15H19N3O3. The molecule has 2 heterocycles. The molecule has 112 valence electrons. The lowest BCUT2D eigenvalue weighted by atomic mass is 9.92. The molecular weight excluding hydrogens is 270 g/mol. The molecule has 2 amide bonds. The Morgan fingerprint density at radius 2 is 2.00 bits per heavy atom. The first kappa shape index (κ1) is 14.0. The van der Waals surface area contributed by atoms with E-state index in [4.69, 9.17) is 4.74 Å². The maximum absolute atomic E-state index is 11.7. The summed E-state index contributed by atoms with van der Waals surface area (Å²) in [6.45, 7) is 1.53. The minimum atomic E-state index is -0.284. The van der Waals surface area contributed by atoms with Crippen molar-refractivity contribution >= 4 is 23.2 Å². The van der Waals surface area contributed by atoms with Crippen molar-refractivity contribution < 1.29 is 14.3 Å². The van der Waals surface area contributed by atoms with Crippen molar-refractivity contribution in [3.63, 3.8) is 0 Å². The van der Waals surface area contributed by atoms with Crippen molar-refractivity contribution in [2.24, 2.45) is 5.92 Å². The lowest BCUT2D eigenvalue weighted by Crippen LogP contribution is -2.25. The maximum Gasteiger partial charge on any atom is 0.233 e. The number of amides is 2. The van der Waals surface area contributed by atoms with E-state index in [-0.39, 0.29) is 24.3 Å².